The van der Waals surface area contributed by atoms with Gasteiger partial charge in [-0.3, -0.25) is 0 Å². The van der Waals surface area contributed by atoms with Crippen LogP contribution in [0.15, 0.2) is 42.7 Å². The molecule has 1 atom stereocenters. The average molecular weight is 243 g/mol. The molecule has 0 aliphatic carbocycles. The zero-order valence-electron chi connectivity index (χ0n) is 10.6. The van der Waals surface area contributed by atoms with Crippen LogP contribution in [0.1, 0.15) is 24.4 Å². The molecule has 18 heavy (non-hydrogen) atoms. The van der Waals surface area contributed by atoms with E-state index in [1.54, 1.807) is 12.4 Å². The fourth-order valence-electron chi connectivity index (χ4n) is 1.89. The lowest BCUT2D eigenvalue weighted by atomic mass is 10.1. The van der Waals surface area contributed by atoms with Gasteiger partial charge in [0.1, 0.15) is 11.6 Å². The molecule has 94 valence electrons. The molecular formula is C14H17N3O. The molecule has 0 bridgehead atoms. The Bertz CT molecular complexity index is 487. The lowest BCUT2D eigenvalue weighted by molar-refractivity contribution is 0.333. The van der Waals surface area contributed by atoms with Crippen molar-refractivity contribution in [3.63, 3.8) is 0 Å². The number of para-hydroxylation sites is 1. The smallest absolute Gasteiger partial charge is 0.149 e. The Balaban J connectivity index is 2.39. The highest BCUT2D eigenvalue weighted by atomic mass is 16.5. The molecule has 1 N–H and O–H groups in total. The number of nitrogens with zero attached hydrogens (tertiary/aromatic N) is 2. The molecule has 0 spiro atoms. The Labute approximate surface area is 107 Å². The summed E-state index contributed by atoms with van der Waals surface area (Å²) < 4.78 is 5.65. The second-order valence-electron chi connectivity index (χ2n) is 3.80. The van der Waals surface area contributed by atoms with Crippen molar-refractivity contribution in [2.24, 2.45) is 0 Å². The summed E-state index contributed by atoms with van der Waals surface area (Å²) in [6.45, 7) is 2.62. The van der Waals surface area contributed by atoms with Crippen molar-refractivity contribution in [3.8, 4) is 5.75 Å². The van der Waals surface area contributed by atoms with Gasteiger partial charge in [-0.2, -0.15) is 0 Å². The highest BCUT2D eigenvalue weighted by molar-refractivity contribution is 5.38. The number of hydrogen-bond donors (Lipinski definition) is 1. The third-order valence-electron chi connectivity index (χ3n) is 2.66. The fourth-order valence-corrected chi connectivity index (χ4v) is 1.89. The van der Waals surface area contributed by atoms with Gasteiger partial charge in [0, 0.05) is 18.0 Å². The predicted molar refractivity (Wildman–Crippen MR) is 70.5 cm³/mol. The van der Waals surface area contributed by atoms with E-state index in [2.05, 4.69) is 15.3 Å². The van der Waals surface area contributed by atoms with Crippen LogP contribution < -0.4 is 10.1 Å². The monoisotopic (exact) mass is 243 g/mol. The van der Waals surface area contributed by atoms with Gasteiger partial charge >= 0.3 is 0 Å². The molecule has 1 heterocycles. The molecule has 1 aromatic heterocycles. The van der Waals surface area contributed by atoms with Crippen LogP contribution >= 0.6 is 0 Å². The summed E-state index contributed by atoms with van der Waals surface area (Å²) in [5.74, 6) is 1.61. The number of hydrogen-bond acceptors (Lipinski definition) is 4. The SMILES string of the molecule is CCOc1ccccc1C(NC)c1ncccn1. The number of nitrogens with one attached hydrogen (secondary N) is 1. The molecule has 0 saturated heterocycles. The third-order valence-corrected chi connectivity index (χ3v) is 2.66. The first kappa shape index (κ1) is 12.5. The first-order valence-corrected chi connectivity index (χ1v) is 6.02. The Morgan fingerprint density at radius 3 is 2.56 bits per heavy atom. The molecule has 0 aliphatic heterocycles. The van der Waals surface area contributed by atoms with Gasteiger partial charge < -0.3 is 10.1 Å². The quantitative estimate of drug-likeness (QED) is 0.874. The van der Waals surface area contributed by atoms with Gasteiger partial charge in [-0.05, 0) is 26.1 Å². The number of benzene rings is 1. The predicted octanol–water partition coefficient (Wildman–Crippen LogP) is 2.18. The summed E-state index contributed by atoms with van der Waals surface area (Å²) in [6.07, 6.45) is 3.49. The summed E-state index contributed by atoms with van der Waals surface area (Å²) in [5.41, 5.74) is 1.05. The molecule has 0 amide bonds. The van der Waals surface area contributed by atoms with Gasteiger partial charge in [0.15, 0.2) is 0 Å². The maximum absolute atomic E-state index is 5.65. The molecule has 2 aromatic rings. The highest BCUT2D eigenvalue weighted by Crippen LogP contribution is 2.27. The first-order chi connectivity index (χ1) is 8.86. The molecule has 4 heteroatoms. The van der Waals surface area contributed by atoms with Gasteiger partial charge in [-0.15, -0.1) is 0 Å². The van der Waals surface area contributed by atoms with Crippen LogP contribution in [0, 0.1) is 0 Å². The van der Waals surface area contributed by atoms with Crippen LogP contribution in [-0.4, -0.2) is 23.6 Å². The van der Waals surface area contributed by atoms with Crippen LogP contribution in [0.4, 0.5) is 0 Å². The van der Waals surface area contributed by atoms with Crippen LogP contribution in [0.2, 0.25) is 0 Å². The van der Waals surface area contributed by atoms with Gasteiger partial charge in [-0.25, -0.2) is 9.97 Å². The average Bonchev–Trinajstić information content (AvgIpc) is 2.43. The third kappa shape index (κ3) is 2.65. The first-order valence-electron chi connectivity index (χ1n) is 6.02. The Morgan fingerprint density at radius 2 is 1.89 bits per heavy atom. The van der Waals surface area contributed by atoms with Crippen molar-refractivity contribution in [2.45, 2.75) is 13.0 Å². The van der Waals surface area contributed by atoms with Gasteiger partial charge in [0.2, 0.25) is 0 Å². The molecule has 0 radical (unpaired) electrons. The summed E-state index contributed by atoms with van der Waals surface area (Å²) in [4.78, 5) is 8.60. The maximum atomic E-state index is 5.65. The molecule has 1 unspecified atom stereocenters. The van der Waals surface area contributed by atoms with Gasteiger partial charge in [0.05, 0.1) is 12.6 Å². The molecule has 0 fully saturated rings. The molecular weight excluding hydrogens is 226 g/mol. The minimum atomic E-state index is -0.0612. The Hall–Kier alpha value is -1.94. The van der Waals surface area contributed by atoms with Gasteiger partial charge in [0.25, 0.3) is 0 Å². The number of rotatable bonds is 5. The van der Waals surface area contributed by atoms with E-state index < -0.39 is 0 Å². The molecule has 4 nitrogen and oxygen atoms in total. The minimum Gasteiger partial charge on any atom is -0.494 e. The van der Waals surface area contributed by atoms with E-state index in [0.29, 0.717) is 6.61 Å². The lowest BCUT2D eigenvalue weighted by Gasteiger charge is -2.18. The zero-order valence-corrected chi connectivity index (χ0v) is 10.6. The second kappa shape index (κ2) is 6.12. The van der Waals surface area contributed by atoms with Crippen LogP contribution in [0.3, 0.4) is 0 Å². The standard InChI is InChI=1S/C14H17N3O/c1-3-18-12-8-5-4-7-11(12)13(15-2)14-16-9-6-10-17-14/h4-10,13,15H,3H2,1-2H3. The molecule has 0 aliphatic rings. The normalized spacial score (nSPS) is 12.1. The van der Waals surface area contributed by atoms with E-state index in [1.165, 1.54) is 0 Å². The van der Waals surface area contributed by atoms with Crippen LogP contribution in [-0.2, 0) is 0 Å². The maximum Gasteiger partial charge on any atom is 0.149 e. The molecule has 2 rings (SSSR count). The highest BCUT2D eigenvalue weighted by Gasteiger charge is 2.18. The van der Waals surface area contributed by atoms with E-state index in [9.17, 15) is 0 Å². The van der Waals surface area contributed by atoms with Crippen molar-refractivity contribution in [1.82, 2.24) is 15.3 Å². The number of aromatic nitrogens is 2. The van der Waals surface area contributed by atoms with Crippen molar-refractivity contribution >= 4 is 0 Å². The second-order valence-corrected chi connectivity index (χ2v) is 3.80. The van der Waals surface area contributed by atoms with E-state index in [-0.39, 0.29) is 6.04 Å². The van der Waals surface area contributed by atoms with E-state index in [1.807, 2.05) is 44.3 Å². The fraction of sp³-hybridized carbons (Fsp3) is 0.286. The minimum absolute atomic E-state index is 0.0612. The van der Waals surface area contributed by atoms with Crippen LogP contribution in [0.25, 0.3) is 0 Å². The molecule has 0 saturated carbocycles. The number of ether oxygens (including phenoxy) is 1. The van der Waals surface area contributed by atoms with Crippen molar-refractivity contribution in [3.05, 3.63) is 54.1 Å². The largest absolute Gasteiger partial charge is 0.494 e. The van der Waals surface area contributed by atoms with Crippen molar-refractivity contribution in [1.29, 1.82) is 0 Å². The Kier molecular flexibility index (Phi) is 4.25. The van der Waals surface area contributed by atoms with Crippen molar-refractivity contribution in [2.75, 3.05) is 13.7 Å². The Morgan fingerprint density at radius 1 is 1.17 bits per heavy atom. The summed E-state index contributed by atoms with van der Waals surface area (Å²) in [6, 6.07) is 9.70. The van der Waals surface area contributed by atoms with Gasteiger partial charge in [-0.1, -0.05) is 18.2 Å². The van der Waals surface area contributed by atoms with E-state index in [4.69, 9.17) is 4.74 Å². The van der Waals surface area contributed by atoms with E-state index >= 15 is 0 Å². The topological polar surface area (TPSA) is 47.0 Å². The van der Waals surface area contributed by atoms with E-state index in [0.717, 1.165) is 17.1 Å². The van der Waals surface area contributed by atoms with Crippen LogP contribution in [0.5, 0.6) is 5.75 Å². The molecule has 1 aromatic carbocycles. The lowest BCUT2D eigenvalue weighted by Crippen LogP contribution is -2.20. The van der Waals surface area contributed by atoms with Crippen molar-refractivity contribution < 1.29 is 4.74 Å². The summed E-state index contributed by atoms with van der Waals surface area (Å²) >= 11 is 0. The summed E-state index contributed by atoms with van der Waals surface area (Å²) in [7, 11) is 1.89. The zero-order chi connectivity index (χ0) is 12.8. The summed E-state index contributed by atoms with van der Waals surface area (Å²) in [5, 5.41) is 3.23.